The predicted molar refractivity (Wildman–Crippen MR) is 94.1 cm³/mol. The lowest BCUT2D eigenvalue weighted by atomic mass is 10.2. The molecule has 0 spiro atoms. The minimum Gasteiger partial charge on any atom is -0.431 e. The fourth-order valence-corrected chi connectivity index (χ4v) is 2.93. The number of aryl methyl sites for hydroxylation is 1. The molecule has 4 nitrogen and oxygen atoms in total. The van der Waals surface area contributed by atoms with Crippen molar-refractivity contribution in [1.29, 1.82) is 0 Å². The number of amides is 1. The van der Waals surface area contributed by atoms with Crippen molar-refractivity contribution in [3.8, 4) is 0 Å². The van der Waals surface area contributed by atoms with Crippen molar-refractivity contribution < 1.29 is 9.21 Å². The van der Waals surface area contributed by atoms with E-state index in [1.807, 2.05) is 38.1 Å². The third-order valence-electron chi connectivity index (χ3n) is 3.30. The molecule has 3 rings (SSSR count). The van der Waals surface area contributed by atoms with Gasteiger partial charge in [0.05, 0.1) is 5.25 Å². The zero-order chi connectivity index (χ0) is 16.4. The molecule has 1 N–H and O–H groups in total. The molecule has 6 heteroatoms. The molecule has 1 aromatic heterocycles. The van der Waals surface area contributed by atoms with Crippen LogP contribution in [-0.4, -0.2) is 16.1 Å². The molecule has 0 bridgehead atoms. The maximum absolute atomic E-state index is 12.2. The predicted octanol–water partition coefficient (Wildman–Crippen LogP) is 4.91. The van der Waals surface area contributed by atoms with Crippen molar-refractivity contribution in [3.05, 3.63) is 53.1 Å². The SMILES string of the molecule is Cc1ccc(NC(=O)[C@@H](C)Sc2nc3ccc(Cl)cc3o2)cc1. The fourth-order valence-electron chi connectivity index (χ4n) is 2.01. The highest BCUT2D eigenvalue weighted by molar-refractivity contribution is 8.00. The van der Waals surface area contributed by atoms with E-state index in [-0.39, 0.29) is 11.2 Å². The van der Waals surface area contributed by atoms with E-state index in [0.717, 1.165) is 16.8 Å². The van der Waals surface area contributed by atoms with E-state index in [0.29, 0.717) is 15.8 Å². The molecular weight excluding hydrogens is 332 g/mol. The first-order valence-electron chi connectivity index (χ1n) is 7.11. The third-order valence-corrected chi connectivity index (χ3v) is 4.48. The van der Waals surface area contributed by atoms with Crippen LogP contribution in [0.4, 0.5) is 5.69 Å². The van der Waals surface area contributed by atoms with Crippen LogP contribution in [0.3, 0.4) is 0 Å². The number of hydrogen-bond donors (Lipinski definition) is 1. The topological polar surface area (TPSA) is 55.1 Å². The minimum atomic E-state index is -0.333. The average Bonchev–Trinajstić information content (AvgIpc) is 2.90. The molecule has 0 aliphatic rings. The van der Waals surface area contributed by atoms with E-state index in [1.54, 1.807) is 18.2 Å². The maximum atomic E-state index is 12.2. The van der Waals surface area contributed by atoms with E-state index in [1.165, 1.54) is 11.8 Å². The van der Waals surface area contributed by atoms with Gasteiger partial charge in [0, 0.05) is 16.8 Å². The summed E-state index contributed by atoms with van der Waals surface area (Å²) in [6.07, 6.45) is 0. The Balaban J connectivity index is 1.68. The van der Waals surface area contributed by atoms with Gasteiger partial charge in [-0.15, -0.1) is 0 Å². The first-order chi connectivity index (χ1) is 11.0. The Morgan fingerprint density at radius 2 is 2.00 bits per heavy atom. The highest BCUT2D eigenvalue weighted by atomic mass is 35.5. The van der Waals surface area contributed by atoms with Gasteiger partial charge in [-0.1, -0.05) is 41.1 Å². The molecule has 3 aromatic rings. The van der Waals surface area contributed by atoms with Crippen molar-refractivity contribution in [2.75, 3.05) is 5.32 Å². The lowest BCUT2D eigenvalue weighted by Crippen LogP contribution is -2.22. The lowest BCUT2D eigenvalue weighted by molar-refractivity contribution is -0.115. The van der Waals surface area contributed by atoms with Crippen LogP contribution >= 0.6 is 23.4 Å². The molecule has 2 aromatic carbocycles. The number of nitrogens with one attached hydrogen (secondary N) is 1. The summed E-state index contributed by atoms with van der Waals surface area (Å²) in [5, 5.41) is 3.59. The maximum Gasteiger partial charge on any atom is 0.257 e. The number of fused-ring (bicyclic) bond motifs is 1. The Labute approximate surface area is 143 Å². The van der Waals surface area contributed by atoms with Crippen LogP contribution in [0.25, 0.3) is 11.1 Å². The van der Waals surface area contributed by atoms with Gasteiger partial charge in [-0.3, -0.25) is 4.79 Å². The number of benzene rings is 2. The lowest BCUT2D eigenvalue weighted by Gasteiger charge is -2.10. The second kappa shape index (κ2) is 6.64. The Kier molecular flexibility index (Phi) is 4.59. The molecule has 0 aliphatic carbocycles. The number of anilines is 1. The summed E-state index contributed by atoms with van der Waals surface area (Å²) in [6, 6.07) is 12.9. The van der Waals surface area contributed by atoms with Gasteiger partial charge >= 0.3 is 0 Å². The van der Waals surface area contributed by atoms with Crippen LogP contribution in [0, 0.1) is 6.92 Å². The van der Waals surface area contributed by atoms with Crippen LogP contribution in [0.1, 0.15) is 12.5 Å². The molecule has 0 fully saturated rings. The average molecular weight is 347 g/mol. The molecule has 0 saturated carbocycles. The standard InChI is InChI=1S/C17H15ClN2O2S/c1-10-3-6-13(7-4-10)19-16(21)11(2)23-17-20-14-8-5-12(18)9-15(14)22-17/h3-9,11H,1-2H3,(H,19,21)/t11-/m1/s1. The van der Waals surface area contributed by atoms with Gasteiger partial charge in [-0.25, -0.2) is 4.98 Å². The number of halogens is 1. The van der Waals surface area contributed by atoms with Gasteiger partial charge in [0.1, 0.15) is 5.52 Å². The molecule has 1 amide bonds. The summed E-state index contributed by atoms with van der Waals surface area (Å²) >= 11 is 7.20. The van der Waals surface area contributed by atoms with Crippen LogP contribution in [0.5, 0.6) is 0 Å². The number of rotatable bonds is 4. The molecule has 23 heavy (non-hydrogen) atoms. The number of oxazole rings is 1. The number of carbonyl (C=O) groups excluding carboxylic acids is 1. The Bertz CT molecular complexity index is 845. The summed E-state index contributed by atoms with van der Waals surface area (Å²) < 4.78 is 5.62. The van der Waals surface area contributed by atoms with Crippen molar-refractivity contribution in [3.63, 3.8) is 0 Å². The molecule has 1 heterocycles. The molecule has 0 radical (unpaired) electrons. The van der Waals surface area contributed by atoms with Gasteiger partial charge in [0.2, 0.25) is 5.91 Å². The monoisotopic (exact) mass is 346 g/mol. The number of nitrogens with zero attached hydrogens (tertiary/aromatic N) is 1. The summed E-state index contributed by atoms with van der Waals surface area (Å²) in [4.78, 5) is 16.6. The molecule has 118 valence electrons. The van der Waals surface area contributed by atoms with Crippen molar-refractivity contribution >= 4 is 46.1 Å². The quantitative estimate of drug-likeness (QED) is 0.682. The second-order valence-corrected chi connectivity index (χ2v) is 6.94. The number of carbonyl (C=O) groups is 1. The summed E-state index contributed by atoms with van der Waals surface area (Å²) in [5.41, 5.74) is 3.27. The summed E-state index contributed by atoms with van der Waals surface area (Å²) in [6.45, 7) is 3.82. The van der Waals surface area contributed by atoms with Gasteiger partial charge in [-0.2, -0.15) is 0 Å². The van der Waals surface area contributed by atoms with Gasteiger partial charge in [0.25, 0.3) is 5.22 Å². The Morgan fingerprint density at radius 3 is 2.74 bits per heavy atom. The normalized spacial score (nSPS) is 12.3. The van der Waals surface area contributed by atoms with Gasteiger partial charge in [0.15, 0.2) is 5.58 Å². The van der Waals surface area contributed by atoms with Crippen LogP contribution < -0.4 is 5.32 Å². The van der Waals surface area contributed by atoms with Gasteiger partial charge in [-0.05, 0) is 38.1 Å². The summed E-state index contributed by atoms with van der Waals surface area (Å²) in [5.74, 6) is -0.0980. The molecule has 0 saturated heterocycles. The molecule has 1 atom stereocenters. The van der Waals surface area contributed by atoms with Crippen molar-refractivity contribution in [1.82, 2.24) is 4.98 Å². The Hall–Kier alpha value is -1.98. The van der Waals surface area contributed by atoms with Crippen molar-refractivity contribution in [2.24, 2.45) is 0 Å². The summed E-state index contributed by atoms with van der Waals surface area (Å²) in [7, 11) is 0. The number of thioether (sulfide) groups is 1. The fraction of sp³-hybridized carbons (Fsp3) is 0.176. The molecular formula is C17H15ClN2O2S. The smallest absolute Gasteiger partial charge is 0.257 e. The van der Waals surface area contributed by atoms with Crippen LogP contribution in [-0.2, 0) is 4.79 Å². The molecule has 0 unspecified atom stereocenters. The molecule has 0 aliphatic heterocycles. The number of aromatic nitrogens is 1. The second-order valence-electron chi connectivity index (χ2n) is 5.21. The zero-order valence-corrected chi connectivity index (χ0v) is 14.2. The van der Waals surface area contributed by atoms with E-state index >= 15 is 0 Å². The van der Waals surface area contributed by atoms with Gasteiger partial charge < -0.3 is 9.73 Å². The first kappa shape index (κ1) is 15.9. The highest BCUT2D eigenvalue weighted by Crippen LogP contribution is 2.28. The van der Waals surface area contributed by atoms with E-state index < -0.39 is 0 Å². The Morgan fingerprint density at radius 1 is 1.26 bits per heavy atom. The van der Waals surface area contributed by atoms with E-state index in [4.69, 9.17) is 16.0 Å². The zero-order valence-electron chi connectivity index (χ0n) is 12.7. The third kappa shape index (κ3) is 3.86. The minimum absolute atomic E-state index is 0.0980. The highest BCUT2D eigenvalue weighted by Gasteiger charge is 2.18. The first-order valence-corrected chi connectivity index (χ1v) is 8.37. The van der Waals surface area contributed by atoms with Crippen LogP contribution in [0.2, 0.25) is 5.02 Å². The van der Waals surface area contributed by atoms with Crippen molar-refractivity contribution in [2.45, 2.75) is 24.3 Å². The van der Waals surface area contributed by atoms with E-state index in [2.05, 4.69) is 10.3 Å². The van der Waals surface area contributed by atoms with E-state index in [9.17, 15) is 4.79 Å². The largest absolute Gasteiger partial charge is 0.431 e. The van der Waals surface area contributed by atoms with Crippen LogP contribution in [0.15, 0.2) is 52.1 Å². The number of hydrogen-bond acceptors (Lipinski definition) is 4.